The lowest BCUT2D eigenvalue weighted by Crippen LogP contribution is -1.92. The first-order valence-corrected chi connectivity index (χ1v) is 5.64. The number of hydrogen-bond donors (Lipinski definition) is 0. The van der Waals surface area contributed by atoms with Gasteiger partial charge in [0.25, 0.3) is 0 Å². The van der Waals surface area contributed by atoms with Crippen molar-refractivity contribution in [1.82, 2.24) is 0 Å². The van der Waals surface area contributed by atoms with Crippen molar-refractivity contribution >= 4 is 17.3 Å². The van der Waals surface area contributed by atoms with Gasteiger partial charge in [-0.1, -0.05) is 28.9 Å². The molecule has 15 heavy (non-hydrogen) atoms. The second kappa shape index (κ2) is 5.17. The van der Waals surface area contributed by atoms with E-state index in [0.717, 1.165) is 23.4 Å². The van der Waals surface area contributed by atoms with Gasteiger partial charge in [-0.2, -0.15) is 0 Å². The summed E-state index contributed by atoms with van der Waals surface area (Å²) in [4.78, 5) is 5.29. The molecule has 1 aromatic carbocycles. The second-order valence-corrected chi connectivity index (χ2v) is 4.20. The number of oxime groups is 1. The zero-order chi connectivity index (χ0) is 10.5. The predicted molar refractivity (Wildman–Crippen MR) is 62.1 cm³/mol. The molecule has 0 atom stereocenters. The van der Waals surface area contributed by atoms with Crippen molar-refractivity contribution < 1.29 is 4.84 Å². The maximum absolute atomic E-state index is 5.86. The maximum atomic E-state index is 5.86. The van der Waals surface area contributed by atoms with Gasteiger partial charge < -0.3 is 4.84 Å². The van der Waals surface area contributed by atoms with E-state index in [1.807, 2.05) is 24.3 Å². The minimum atomic E-state index is 0.504. The van der Waals surface area contributed by atoms with Crippen LogP contribution in [0.3, 0.4) is 0 Å². The molecule has 0 N–H and O–H groups in total. The van der Waals surface area contributed by atoms with Crippen LogP contribution in [-0.4, -0.2) is 5.71 Å². The first-order chi connectivity index (χ1) is 7.34. The van der Waals surface area contributed by atoms with Gasteiger partial charge in [0.1, 0.15) is 6.61 Å². The second-order valence-electron chi connectivity index (χ2n) is 3.77. The molecule has 0 radical (unpaired) electrons. The Kier molecular flexibility index (Phi) is 3.62. The van der Waals surface area contributed by atoms with Crippen molar-refractivity contribution in [3.8, 4) is 0 Å². The van der Waals surface area contributed by atoms with Gasteiger partial charge in [-0.25, -0.2) is 0 Å². The average Bonchev–Trinajstić information content (AvgIpc) is 2.71. The molecular weight excluding hydrogens is 210 g/mol. The van der Waals surface area contributed by atoms with E-state index in [-0.39, 0.29) is 0 Å². The number of hydrogen-bond acceptors (Lipinski definition) is 2. The molecule has 0 saturated heterocycles. The molecule has 0 unspecified atom stereocenters. The van der Waals surface area contributed by atoms with Crippen molar-refractivity contribution in [1.29, 1.82) is 0 Å². The molecule has 80 valence electrons. The first kappa shape index (κ1) is 10.5. The minimum Gasteiger partial charge on any atom is -0.391 e. The average molecular weight is 224 g/mol. The van der Waals surface area contributed by atoms with Crippen LogP contribution in [-0.2, 0) is 11.4 Å². The summed E-state index contributed by atoms with van der Waals surface area (Å²) in [5, 5.41) is 4.86. The molecule has 0 aromatic heterocycles. The normalized spacial score (nSPS) is 15.4. The summed E-state index contributed by atoms with van der Waals surface area (Å²) in [7, 11) is 0. The van der Waals surface area contributed by atoms with Crippen LogP contribution in [0, 0.1) is 0 Å². The molecule has 1 fully saturated rings. The third kappa shape index (κ3) is 3.24. The quantitative estimate of drug-likeness (QED) is 0.715. The molecule has 0 bridgehead atoms. The molecule has 1 aliphatic carbocycles. The van der Waals surface area contributed by atoms with E-state index in [0.29, 0.717) is 6.61 Å². The molecule has 0 aliphatic heterocycles. The van der Waals surface area contributed by atoms with Gasteiger partial charge in [0, 0.05) is 5.02 Å². The number of nitrogens with zero attached hydrogens (tertiary/aromatic N) is 1. The Balaban J connectivity index is 1.85. The third-order valence-electron chi connectivity index (χ3n) is 2.49. The molecule has 0 spiro atoms. The van der Waals surface area contributed by atoms with Gasteiger partial charge in [-0.05, 0) is 43.4 Å². The molecule has 1 aromatic rings. The highest BCUT2D eigenvalue weighted by molar-refractivity contribution is 6.30. The molecule has 0 amide bonds. The smallest absolute Gasteiger partial charge is 0.142 e. The summed E-state index contributed by atoms with van der Waals surface area (Å²) in [5.41, 5.74) is 2.25. The summed E-state index contributed by atoms with van der Waals surface area (Å²) in [5.74, 6) is 0. The van der Waals surface area contributed by atoms with Crippen LogP contribution in [0.2, 0.25) is 5.02 Å². The Bertz CT molecular complexity index is 354. The van der Waals surface area contributed by atoms with Crippen molar-refractivity contribution in [2.24, 2.45) is 5.16 Å². The number of benzene rings is 1. The monoisotopic (exact) mass is 223 g/mol. The van der Waals surface area contributed by atoms with Gasteiger partial charge >= 0.3 is 0 Å². The molecule has 2 nitrogen and oxygen atoms in total. The zero-order valence-electron chi connectivity index (χ0n) is 8.58. The van der Waals surface area contributed by atoms with Crippen molar-refractivity contribution in [3.05, 3.63) is 34.9 Å². The minimum absolute atomic E-state index is 0.504. The van der Waals surface area contributed by atoms with Crippen LogP contribution in [0.4, 0.5) is 0 Å². The summed E-state index contributed by atoms with van der Waals surface area (Å²) in [6, 6.07) is 7.66. The first-order valence-electron chi connectivity index (χ1n) is 5.27. The summed E-state index contributed by atoms with van der Waals surface area (Å²) in [6.07, 6.45) is 4.68. The highest BCUT2D eigenvalue weighted by Gasteiger charge is 2.08. The van der Waals surface area contributed by atoms with Gasteiger partial charge in [0.15, 0.2) is 0 Å². The highest BCUT2D eigenvalue weighted by Crippen LogP contribution is 2.16. The lowest BCUT2D eigenvalue weighted by atomic mass is 10.2. The van der Waals surface area contributed by atoms with Crippen LogP contribution in [0.5, 0.6) is 0 Å². The molecule has 0 heterocycles. The fourth-order valence-corrected chi connectivity index (χ4v) is 1.91. The van der Waals surface area contributed by atoms with Gasteiger partial charge in [0.2, 0.25) is 0 Å². The van der Waals surface area contributed by atoms with Crippen LogP contribution < -0.4 is 0 Å². The van der Waals surface area contributed by atoms with Crippen LogP contribution >= 0.6 is 11.6 Å². The largest absolute Gasteiger partial charge is 0.391 e. The Morgan fingerprint density at radius 3 is 2.80 bits per heavy atom. The van der Waals surface area contributed by atoms with Crippen LogP contribution in [0.1, 0.15) is 31.2 Å². The Morgan fingerprint density at radius 2 is 2.07 bits per heavy atom. The van der Waals surface area contributed by atoms with E-state index in [1.165, 1.54) is 18.6 Å². The molecular formula is C12H14ClNO. The topological polar surface area (TPSA) is 21.6 Å². The summed E-state index contributed by atoms with van der Waals surface area (Å²) >= 11 is 5.86. The van der Waals surface area contributed by atoms with Crippen molar-refractivity contribution in [2.45, 2.75) is 32.3 Å². The Hall–Kier alpha value is -1.02. The summed E-state index contributed by atoms with van der Waals surface area (Å²) in [6.45, 7) is 0.504. The van der Waals surface area contributed by atoms with Gasteiger partial charge in [0.05, 0.1) is 5.71 Å². The molecule has 2 rings (SSSR count). The van der Waals surface area contributed by atoms with Gasteiger partial charge in [-0.3, -0.25) is 0 Å². The van der Waals surface area contributed by atoms with Crippen molar-refractivity contribution in [3.63, 3.8) is 0 Å². The fraction of sp³-hybridized carbons (Fsp3) is 0.417. The van der Waals surface area contributed by atoms with Gasteiger partial charge in [-0.15, -0.1) is 0 Å². The third-order valence-corrected chi connectivity index (χ3v) is 2.73. The van der Waals surface area contributed by atoms with E-state index in [4.69, 9.17) is 16.4 Å². The highest BCUT2D eigenvalue weighted by atomic mass is 35.5. The standard InChI is InChI=1S/C12H14ClNO/c13-11-5-3-4-10(8-11)9-15-14-12-6-1-2-7-12/h3-5,8H,1-2,6-7,9H2. The van der Waals surface area contributed by atoms with E-state index < -0.39 is 0 Å². The maximum Gasteiger partial charge on any atom is 0.142 e. The van der Waals surface area contributed by atoms with E-state index >= 15 is 0 Å². The Labute approximate surface area is 94.9 Å². The number of halogens is 1. The zero-order valence-corrected chi connectivity index (χ0v) is 9.33. The predicted octanol–water partition coefficient (Wildman–Crippen LogP) is 3.79. The fourth-order valence-electron chi connectivity index (χ4n) is 1.70. The molecule has 3 heteroatoms. The van der Waals surface area contributed by atoms with E-state index in [9.17, 15) is 0 Å². The number of rotatable bonds is 3. The summed E-state index contributed by atoms with van der Waals surface area (Å²) < 4.78 is 0. The van der Waals surface area contributed by atoms with Crippen LogP contribution in [0.25, 0.3) is 0 Å². The van der Waals surface area contributed by atoms with Crippen molar-refractivity contribution in [2.75, 3.05) is 0 Å². The van der Waals surface area contributed by atoms with E-state index in [2.05, 4.69) is 5.16 Å². The van der Waals surface area contributed by atoms with E-state index in [1.54, 1.807) is 0 Å². The molecule has 1 aliphatic rings. The Morgan fingerprint density at radius 1 is 1.27 bits per heavy atom. The lowest BCUT2D eigenvalue weighted by Gasteiger charge is -2.01. The molecule has 1 saturated carbocycles. The SMILES string of the molecule is Clc1cccc(CON=C2CCCC2)c1. The lowest BCUT2D eigenvalue weighted by molar-refractivity contribution is 0.129. The van der Waals surface area contributed by atoms with Crippen LogP contribution in [0.15, 0.2) is 29.4 Å².